The fourth-order valence-corrected chi connectivity index (χ4v) is 1.58. The Morgan fingerprint density at radius 1 is 1.32 bits per heavy atom. The van der Waals surface area contributed by atoms with Crippen molar-refractivity contribution in [1.29, 1.82) is 0 Å². The molecule has 0 fully saturated rings. The molecule has 0 radical (unpaired) electrons. The van der Waals surface area contributed by atoms with Gasteiger partial charge in [0.25, 0.3) is 0 Å². The van der Waals surface area contributed by atoms with Gasteiger partial charge in [0, 0.05) is 17.4 Å². The fourth-order valence-electron chi connectivity index (χ4n) is 1.58. The molecule has 0 saturated heterocycles. The summed E-state index contributed by atoms with van der Waals surface area (Å²) in [5.41, 5.74) is 7.40. The molecular weight excluding hydrogens is 246 g/mol. The maximum Gasteiger partial charge on any atom is 0.337 e. The smallest absolute Gasteiger partial charge is 0.337 e. The van der Waals surface area contributed by atoms with E-state index >= 15 is 0 Å². The molecule has 0 aliphatic rings. The zero-order valence-electron chi connectivity index (χ0n) is 10.3. The van der Waals surface area contributed by atoms with Gasteiger partial charge in [-0.2, -0.15) is 0 Å². The Morgan fingerprint density at radius 2 is 2.05 bits per heavy atom. The first-order valence-corrected chi connectivity index (χ1v) is 5.50. The number of nitrogen functional groups attached to an aromatic ring is 1. The van der Waals surface area contributed by atoms with Crippen LogP contribution < -0.4 is 15.8 Å². The minimum absolute atomic E-state index is 0.0819. The number of benzene rings is 1. The lowest BCUT2D eigenvalue weighted by Crippen LogP contribution is -2.03. The monoisotopic (exact) mass is 259 g/mol. The third kappa shape index (κ3) is 2.92. The third-order valence-electron chi connectivity index (χ3n) is 2.52. The largest absolute Gasteiger partial charge is 0.481 e. The molecule has 0 aliphatic heterocycles. The lowest BCUT2D eigenvalue weighted by molar-refractivity contribution is 0.0698. The number of rotatable bonds is 4. The zero-order valence-corrected chi connectivity index (χ0v) is 10.3. The fraction of sp³-hybridized carbons (Fsp3) is 0.0769. The summed E-state index contributed by atoms with van der Waals surface area (Å²) in [6.45, 7) is 0. The number of nitrogens with one attached hydrogen (secondary N) is 1. The minimum Gasteiger partial charge on any atom is -0.481 e. The van der Waals surface area contributed by atoms with Crippen molar-refractivity contribution in [3.63, 3.8) is 0 Å². The summed E-state index contributed by atoms with van der Waals surface area (Å²) in [6.07, 6.45) is 1.61. The second-order valence-electron chi connectivity index (χ2n) is 3.82. The maximum absolute atomic E-state index is 10.8. The van der Waals surface area contributed by atoms with Crippen molar-refractivity contribution in [2.45, 2.75) is 0 Å². The molecule has 6 nitrogen and oxygen atoms in total. The Bertz CT molecular complexity index is 597. The Labute approximate surface area is 109 Å². The van der Waals surface area contributed by atoms with Gasteiger partial charge in [-0.3, -0.25) is 0 Å². The third-order valence-corrected chi connectivity index (χ3v) is 2.52. The number of carboxylic acids is 1. The van der Waals surface area contributed by atoms with Crippen LogP contribution in [0.15, 0.2) is 36.5 Å². The van der Waals surface area contributed by atoms with Crippen molar-refractivity contribution in [3.05, 3.63) is 42.1 Å². The van der Waals surface area contributed by atoms with Crippen LogP contribution in [0.5, 0.6) is 5.88 Å². The molecule has 98 valence electrons. The molecule has 6 heteroatoms. The minimum atomic E-state index is -1.05. The van der Waals surface area contributed by atoms with E-state index in [1.807, 2.05) is 0 Å². The van der Waals surface area contributed by atoms with Crippen molar-refractivity contribution in [3.8, 4) is 5.88 Å². The zero-order chi connectivity index (χ0) is 13.8. The van der Waals surface area contributed by atoms with Gasteiger partial charge in [0.15, 0.2) is 0 Å². The molecule has 0 bridgehead atoms. The number of hydrogen-bond acceptors (Lipinski definition) is 5. The lowest BCUT2D eigenvalue weighted by Gasteiger charge is -2.08. The van der Waals surface area contributed by atoms with Gasteiger partial charge in [-0.1, -0.05) is 0 Å². The first-order valence-electron chi connectivity index (χ1n) is 5.50. The van der Waals surface area contributed by atoms with Crippen molar-refractivity contribution in [2.75, 3.05) is 18.2 Å². The Kier molecular flexibility index (Phi) is 3.51. The molecule has 0 aliphatic carbocycles. The summed E-state index contributed by atoms with van der Waals surface area (Å²) < 4.78 is 4.96. The van der Waals surface area contributed by atoms with E-state index in [1.165, 1.54) is 6.07 Å². The average molecular weight is 259 g/mol. The van der Waals surface area contributed by atoms with E-state index in [4.69, 9.17) is 15.6 Å². The van der Waals surface area contributed by atoms with Crippen molar-refractivity contribution >= 4 is 23.0 Å². The predicted molar refractivity (Wildman–Crippen MR) is 71.9 cm³/mol. The number of aromatic carboxylic acids is 1. The van der Waals surface area contributed by atoms with Crippen LogP contribution >= 0.6 is 0 Å². The highest BCUT2D eigenvalue weighted by atomic mass is 16.5. The number of nitrogens with zero attached hydrogens (tertiary/aromatic N) is 1. The molecule has 0 spiro atoms. The van der Waals surface area contributed by atoms with E-state index in [-0.39, 0.29) is 11.3 Å². The van der Waals surface area contributed by atoms with E-state index in [1.54, 1.807) is 37.6 Å². The summed E-state index contributed by atoms with van der Waals surface area (Å²) >= 11 is 0. The SMILES string of the molecule is COc1ccc(Nc2ccc(C(=O)O)c(N)c2)cn1. The molecule has 0 amide bonds. The number of ether oxygens (including phenoxy) is 1. The Morgan fingerprint density at radius 3 is 2.58 bits per heavy atom. The van der Waals surface area contributed by atoms with Crippen LogP contribution in [-0.2, 0) is 0 Å². The standard InChI is InChI=1S/C13H13N3O3/c1-19-12-5-3-9(7-15-12)16-8-2-4-10(13(17)18)11(14)6-8/h2-7,16H,14H2,1H3,(H,17,18). The Balaban J connectivity index is 2.18. The second-order valence-corrected chi connectivity index (χ2v) is 3.82. The number of carboxylic acid groups (broad SMARTS) is 1. The topological polar surface area (TPSA) is 97.5 Å². The highest BCUT2D eigenvalue weighted by Gasteiger charge is 2.08. The van der Waals surface area contributed by atoms with Crippen LogP contribution in [0.3, 0.4) is 0 Å². The lowest BCUT2D eigenvalue weighted by atomic mass is 10.1. The number of nitrogens with two attached hydrogens (primary N) is 1. The van der Waals surface area contributed by atoms with Crippen molar-refractivity contribution < 1.29 is 14.6 Å². The molecular formula is C13H13N3O3. The summed E-state index contributed by atoms with van der Waals surface area (Å²) in [5.74, 6) is -0.526. The van der Waals surface area contributed by atoms with E-state index in [0.717, 1.165) is 5.69 Å². The molecule has 19 heavy (non-hydrogen) atoms. The summed E-state index contributed by atoms with van der Waals surface area (Å²) in [7, 11) is 1.54. The van der Waals surface area contributed by atoms with Gasteiger partial charge >= 0.3 is 5.97 Å². The first kappa shape index (κ1) is 12.7. The van der Waals surface area contributed by atoms with Gasteiger partial charge in [-0.25, -0.2) is 9.78 Å². The van der Waals surface area contributed by atoms with Crippen LogP contribution in [-0.4, -0.2) is 23.2 Å². The van der Waals surface area contributed by atoms with Gasteiger partial charge in [-0.05, 0) is 24.3 Å². The number of aromatic nitrogens is 1. The first-order chi connectivity index (χ1) is 9.10. The molecule has 1 aromatic carbocycles. The predicted octanol–water partition coefficient (Wildman–Crippen LogP) is 2.11. The van der Waals surface area contributed by atoms with Crippen LogP contribution in [0.2, 0.25) is 0 Å². The summed E-state index contributed by atoms with van der Waals surface area (Å²) in [4.78, 5) is 14.9. The molecule has 4 N–H and O–H groups in total. The van der Waals surface area contributed by atoms with Gasteiger partial charge in [0.05, 0.1) is 24.6 Å². The molecule has 2 rings (SSSR count). The summed E-state index contributed by atoms with van der Waals surface area (Å²) in [5, 5.41) is 12.0. The van der Waals surface area contributed by atoms with E-state index < -0.39 is 5.97 Å². The number of methoxy groups -OCH3 is 1. The van der Waals surface area contributed by atoms with Crippen LogP contribution in [0.1, 0.15) is 10.4 Å². The number of pyridine rings is 1. The molecule has 1 heterocycles. The van der Waals surface area contributed by atoms with Gasteiger partial charge in [-0.15, -0.1) is 0 Å². The molecule has 0 atom stereocenters. The quantitative estimate of drug-likeness (QED) is 0.727. The van der Waals surface area contributed by atoms with Crippen molar-refractivity contribution in [2.24, 2.45) is 0 Å². The van der Waals surface area contributed by atoms with Gasteiger partial charge in [0.2, 0.25) is 5.88 Å². The maximum atomic E-state index is 10.8. The molecule has 1 aromatic heterocycles. The van der Waals surface area contributed by atoms with Crippen molar-refractivity contribution in [1.82, 2.24) is 4.98 Å². The summed E-state index contributed by atoms with van der Waals surface area (Å²) in [6, 6.07) is 8.18. The number of carbonyl (C=O) groups is 1. The molecule has 2 aromatic rings. The normalized spacial score (nSPS) is 9.95. The van der Waals surface area contributed by atoms with Gasteiger partial charge < -0.3 is 20.9 Å². The number of hydrogen-bond donors (Lipinski definition) is 3. The second kappa shape index (κ2) is 5.26. The van der Waals surface area contributed by atoms with Crippen LogP contribution in [0.4, 0.5) is 17.1 Å². The van der Waals surface area contributed by atoms with Crippen LogP contribution in [0.25, 0.3) is 0 Å². The van der Waals surface area contributed by atoms with E-state index in [9.17, 15) is 4.79 Å². The highest BCUT2D eigenvalue weighted by Crippen LogP contribution is 2.22. The molecule has 0 unspecified atom stereocenters. The Hall–Kier alpha value is -2.76. The van der Waals surface area contributed by atoms with Crippen LogP contribution in [0, 0.1) is 0 Å². The van der Waals surface area contributed by atoms with Gasteiger partial charge in [0.1, 0.15) is 0 Å². The highest BCUT2D eigenvalue weighted by molar-refractivity contribution is 5.94. The molecule has 0 saturated carbocycles. The average Bonchev–Trinajstić information content (AvgIpc) is 2.39. The van der Waals surface area contributed by atoms with E-state index in [0.29, 0.717) is 11.6 Å². The van der Waals surface area contributed by atoms with E-state index in [2.05, 4.69) is 10.3 Å². The number of anilines is 3.